The van der Waals surface area contributed by atoms with Crippen LogP contribution in [0, 0.1) is 0 Å². The molecular formula is C27H30Cl2N2O4. The Kier molecular flexibility index (Phi) is 9.03. The quantitative estimate of drug-likeness (QED) is 0.193. The van der Waals surface area contributed by atoms with E-state index in [0.29, 0.717) is 22.6 Å². The molecule has 0 aliphatic carbocycles. The van der Waals surface area contributed by atoms with Gasteiger partial charge in [0.2, 0.25) is 5.91 Å². The lowest BCUT2D eigenvalue weighted by molar-refractivity contribution is -0.120. The molecule has 0 aliphatic rings. The molecule has 0 bridgehead atoms. The molecule has 0 saturated carbocycles. The summed E-state index contributed by atoms with van der Waals surface area (Å²) in [4.78, 5) is 12.5. The van der Waals surface area contributed by atoms with Crippen molar-refractivity contribution in [2.45, 2.75) is 43.8 Å². The monoisotopic (exact) mass is 516 g/mol. The van der Waals surface area contributed by atoms with Crippen molar-refractivity contribution in [2.24, 2.45) is 0 Å². The lowest BCUT2D eigenvalue weighted by atomic mass is 9.93. The van der Waals surface area contributed by atoms with Gasteiger partial charge in [0.05, 0.1) is 12.5 Å². The molecule has 0 fully saturated rings. The van der Waals surface area contributed by atoms with E-state index in [2.05, 4.69) is 10.6 Å². The van der Waals surface area contributed by atoms with Gasteiger partial charge in [-0.15, -0.1) is 0 Å². The van der Waals surface area contributed by atoms with E-state index in [1.165, 1.54) is 18.2 Å². The number of aliphatic hydroxyl groups excluding tert-OH is 1. The molecule has 0 aliphatic heterocycles. The maximum Gasteiger partial charge on any atom is 0.225 e. The number of rotatable bonds is 10. The first-order chi connectivity index (χ1) is 16.5. The minimum Gasteiger partial charge on any atom is -0.508 e. The van der Waals surface area contributed by atoms with Crippen molar-refractivity contribution in [3.8, 4) is 11.5 Å². The van der Waals surface area contributed by atoms with Crippen molar-refractivity contribution in [3.63, 3.8) is 0 Å². The highest BCUT2D eigenvalue weighted by molar-refractivity contribution is 6.32. The molecule has 0 saturated heterocycles. The smallest absolute Gasteiger partial charge is 0.225 e. The van der Waals surface area contributed by atoms with E-state index in [9.17, 15) is 20.1 Å². The third kappa shape index (κ3) is 8.15. The molecular weight excluding hydrogens is 487 g/mol. The van der Waals surface area contributed by atoms with Gasteiger partial charge in [0, 0.05) is 28.7 Å². The Hall–Kier alpha value is -2.77. The number of hydrogen-bond donors (Lipinski definition) is 5. The molecule has 0 radical (unpaired) electrons. The highest BCUT2D eigenvalue weighted by Crippen LogP contribution is 2.26. The van der Waals surface area contributed by atoms with E-state index >= 15 is 0 Å². The average molecular weight is 517 g/mol. The highest BCUT2D eigenvalue weighted by Gasteiger charge is 2.21. The molecule has 0 spiro atoms. The summed E-state index contributed by atoms with van der Waals surface area (Å²) in [6.07, 6.45) is -0.0725. The second kappa shape index (κ2) is 11.8. The highest BCUT2D eigenvalue weighted by atomic mass is 35.5. The molecule has 2 unspecified atom stereocenters. The topological polar surface area (TPSA) is 102 Å². The molecule has 3 aromatic rings. The molecule has 1 amide bonds. The Balaban J connectivity index is 1.56. The maximum absolute atomic E-state index is 12.5. The molecule has 6 nitrogen and oxygen atoms in total. The number of carbonyl (C=O) groups excluding carboxylic acids is 1. The fourth-order valence-corrected chi connectivity index (χ4v) is 4.47. The molecule has 3 rings (SSSR count). The maximum atomic E-state index is 12.5. The summed E-state index contributed by atoms with van der Waals surface area (Å²) < 4.78 is 0. The van der Waals surface area contributed by atoms with E-state index in [1.807, 2.05) is 44.2 Å². The number of halogens is 2. The van der Waals surface area contributed by atoms with Crippen LogP contribution in [0.4, 0.5) is 0 Å². The van der Waals surface area contributed by atoms with Gasteiger partial charge in [-0.05, 0) is 55.2 Å². The van der Waals surface area contributed by atoms with E-state index in [-0.39, 0.29) is 35.9 Å². The first-order valence-corrected chi connectivity index (χ1v) is 12.1. The number of phenols is 2. The zero-order valence-corrected chi connectivity index (χ0v) is 21.1. The van der Waals surface area contributed by atoms with Crippen LogP contribution in [0.15, 0.2) is 66.7 Å². The van der Waals surface area contributed by atoms with Crippen molar-refractivity contribution >= 4 is 29.1 Å². The molecule has 3 aromatic carbocycles. The molecule has 186 valence electrons. The molecule has 5 N–H and O–H groups in total. The Bertz CT molecular complexity index is 1150. The van der Waals surface area contributed by atoms with Gasteiger partial charge in [-0.25, -0.2) is 0 Å². The van der Waals surface area contributed by atoms with Gasteiger partial charge < -0.3 is 26.0 Å². The number of nitrogens with one attached hydrogen (secondary N) is 2. The molecule has 0 aromatic heterocycles. The molecule has 8 heteroatoms. The van der Waals surface area contributed by atoms with E-state index in [0.717, 1.165) is 11.1 Å². The number of alkyl halides is 1. The Morgan fingerprint density at radius 2 is 1.63 bits per heavy atom. The van der Waals surface area contributed by atoms with Crippen LogP contribution in [0.3, 0.4) is 0 Å². The van der Waals surface area contributed by atoms with Gasteiger partial charge in [0.1, 0.15) is 17.0 Å². The summed E-state index contributed by atoms with van der Waals surface area (Å²) in [5, 5.41) is 36.3. The summed E-state index contributed by atoms with van der Waals surface area (Å²) in [7, 11) is 0. The second-order valence-electron chi connectivity index (χ2n) is 9.19. The number of hydrogen-bond acceptors (Lipinski definition) is 5. The van der Waals surface area contributed by atoms with Gasteiger partial charge >= 0.3 is 0 Å². The summed E-state index contributed by atoms with van der Waals surface area (Å²) in [6, 6.07) is 18.9. The van der Waals surface area contributed by atoms with E-state index in [4.69, 9.17) is 23.2 Å². The predicted molar refractivity (Wildman–Crippen MR) is 139 cm³/mol. The standard InChI is InChI=1S/C27H30Cl2N2O4/c1-27(2,30-16-24(34)19-12-20(32)14-21(33)13-19)15-18-7-5-6-17(10-18)11-25(35)31-26(29)22-8-3-4-9-23(22)28/h3-10,12-14,24,26,30,32-34H,11,15-16H2,1-2H3,(H,31,35). The Morgan fingerprint density at radius 3 is 2.31 bits per heavy atom. The lowest BCUT2D eigenvalue weighted by Gasteiger charge is -2.28. The van der Waals surface area contributed by atoms with Crippen LogP contribution in [-0.4, -0.2) is 33.3 Å². The number of β-amino-alcohol motifs (C(OH)–C–C–N with tert-alkyl or cyclic N) is 1. The first-order valence-electron chi connectivity index (χ1n) is 11.2. The van der Waals surface area contributed by atoms with Crippen molar-refractivity contribution in [1.82, 2.24) is 10.6 Å². The first kappa shape index (κ1) is 26.8. The van der Waals surface area contributed by atoms with Crippen molar-refractivity contribution < 1.29 is 20.1 Å². The van der Waals surface area contributed by atoms with Crippen LogP contribution in [0.25, 0.3) is 0 Å². The normalized spacial score (nSPS) is 13.3. The zero-order valence-electron chi connectivity index (χ0n) is 19.6. The summed E-state index contributed by atoms with van der Waals surface area (Å²) >= 11 is 12.5. The Morgan fingerprint density at radius 1 is 0.971 bits per heavy atom. The zero-order chi connectivity index (χ0) is 25.6. The minimum atomic E-state index is -0.899. The van der Waals surface area contributed by atoms with Crippen molar-refractivity contribution in [1.29, 1.82) is 0 Å². The van der Waals surface area contributed by atoms with Gasteiger partial charge in [-0.1, -0.05) is 65.7 Å². The fourth-order valence-electron chi connectivity index (χ4n) is 3.86. The van der Waals surface area contributed by atoms with Gasteiger partial charge in [-0.3, -0.25) is 4.79 Å². The number of aliphatic hydroxyl groups is 1. The third-order valence-corrected chi connectivity index (χ3v) is 6.24. The number of aromatic hydroxyl groups is 2. The van der Waals surface area contributed by atoms with E-state index in [1.54, 1.807) is 18.2 Å². The summed E-state index contributed by atoms with van der Waals surface area (Å²) in [6.45, 7) is 4.26. The fraction of sp³-hybridized carbons (Fsp3) is 0.296. The number of phenolic OH excluding ortho intramolecular Hbond substituents is 2. The molecule has 0 heterocycles. The van der Waals surface area contributed by atoms with Crippen LogP contribution in [-0.2, 0) is 17.6 Å². The number of carbonyl (C=O) groups is 1. The van der Waals surface area contributed by atoms with Gasteiger partial charge in [0.15, 0.2) is 0 Å². The minimum absolute atomic E-state index is 0.105. The van der Waals surface area contributed by atoms with Crippen molar-refractivity contribution in [3.05, 3.63) is 94.0 Å². The SMILES string of the molecule is CC(C)(Cc1cccc(CC(=O)NC(Cl)c2ccccc2Cl)c1)NCC(O)c1cc(O)cc(O)c1. The number of benzene rings is 3. The average Bonchev–Trinajstić information content (AvgIpc) is 2.77. The van der Waals surface area contributed by atoms with Gasteiger partial charge in [-0.2, -0.15) is 0 Å². The van der Waals surface area contributed by atoms with Crippen LogP contribution in [0.1, 0.15) is 47.7 Å². The largest absolute Gasteiger partial charge is 0.508 e. The summed E-state index contributed by atoms with van der Waals surface area (Å²) in [5.41, 5.74) is 1.87. The lowest BCUT2D eigenvalue weighted by Crippen LogP contribution is -2.43. The Labute approximate surface area is 215 Å². The number of amides is 1. The molecule has 35 heavy (non-hydrogen) atoms. The molecule has 2 atom stereocenters. The second-order valence-corrected chi connectivity index (χ2v) is 10.0. The van der Waals surface area contributed by atoms with Crippen LogP contribution in [0.2, 0.25) is 5.02 Å². The predicted octanol–water partition coefficient (Wildman–Crippen LogP) is 4.99. The van der Waals surface area contributed by atoms with Crippen molar-refractivity contribution in [2.75, 3.05) is 6.54 Å². The summed E-state index contributed by atoms with van der Waals surface area (Å²) in [5.74, 6) is -0.421. The van der Waals surface area contributed by atoms with Crippen LogP contribution < -0.4 is 10.6 Å². The van der Waals surface area contributed by atoms with E-state index < -0.39 is 11.6 Å². The van der Waals surface area contributed by atoms with Crippen LogP contribution >= 0.6 is 23.2 Å². The van der Waals surface area contributed by atoms with Crippen LogP contribution in [0.5, 0.6) is 11.5 Å². The van der Waals surface area contributed by atoms with Gasteiger partial charge in [0.25, 0.3) is 0 Å². The third-order valence-electron chi connectivity index (χ3n) is 5.55.